The smallest absolute Gasteiger partial charge is 0.317 e. The summed E-state index contributed by atoms with van der Waals surface area (Å²) < 4.78 is 20.4. The number of carbonyl (C=O) groups excluding carboxylic acids is 1. The molecule has 2 aliphatic heterocycles. The first-order valence-electron chi connectivity index (χ1n) is 9.03. The van der Waals surface area contributed by atoms with Crippen LogP contribution in [0.3, 0.4) is 0 Å². The lowest BCUT2D eigenvalue weighted by Crippen LogP contribution is -2.65. The quantitative estimate of drug-likeness (QED) is 0.635. The number of aromatic nitrogens is 3. The van der Waals surface area contributed by atoms with Gasteiger partial charge in [-0.3, -0.25) is 0 Å². The SMILES string of the molecule is O=C(NC1CN(c2ccnc(Cl)n2)C1)N1CC(Oc2cc(F)cc3ncsc23)C1. The van der Waals surface area contributed by atoms with Gasteiger partial charge in [0.2, 0.25) is 5.28 Å². The molecule has 1 N–H and O–H groups in total. The summed E-state index contributed by atoms with van der Waals surface area (Å²) in [6, 6.07) is 4.46. The minimum absolute atomic E-state index is 0.0521. The lowest BCUT2D eigenvalue weighted by atomic mass is 10.1. The minimum atomic E-state index is -0.383. The summed E-state index contributed by atoms with van der Waals surface area (Å²) in [5, 5.41) is 3.20. The number of likely N-dealkylation sites (tertiary alicyclic amines) is 1. The van der Waals surface area contributed by atoms with Crippen LogP contribution in [0, 0.1) is 5.82 Å². The predicted octanol–water partition coefficient (Wildman–Crippen LogP) is 2.54. The highest BCUT2D eigenvalue weighted by Gasteiger charge is 2.36. The van der Waals surface area contributed by atoms with Crippen molar-refractivity contribution in [3.63, 3.8) is 0 Å². The van der Waals surface area contributed by atoms with Gasteiger partial charge in [0, 0.05) is 31.4 Å². The second kappa shape index (κ2) is 7.27. The molecule has 1 aromatic carbocycles. The number of hydrogen-bond donors (Lipinski definition) is 1. The molecule has 2 amide bonds. The van der Waals surface area contributed by atoms with Crippen molar-refractivity contribution < 1.29 is 13.9 Å². The fraction of sp³-hybridized carbons (Fsp3) is 0.333. The van der Waals surface area contributed by atoms with Crippen molar-refractivity contribution >= 4 is 45.0 Å². The molecular weight excluding hydrogens is 419 g/mol. The number of nitrogens with zero attached hydrogens (tertiary/aromatic N) is 5. The lowest BCUT2D eigenvalue weighted by Gasteiger charge is -2.43. The van der Waals surface area contributed by atoms with E-state index >= 15 is 0 Å². The number of rotatable bonds is 4. The number of halogens is 2. The maximum absolute atomic E-state index is 13.7. The van der Waals surface area contributed by atoms with Gasteiger partial charge in [-0.1, -0.05) is 0 Å². The highest BCUT2D eigenvalue weighted by molar-refractivity contribution is 7.17. The van der Waals surface area contributed by atoms with Gasteiger partial charge in [-0.15, -0.1) is 11.3 Å². The Balaban J connectivity index is 1.10. The van der Waals surface area contributed by atoms with Crippen LogP contribution in [0.2, 0.25) is 5.28 Å². The largest absolute Gasteiger partial charge is 0.485 e. The molecule has 0 saturated carbocycles. The molecule has 2 fully saturated rings. The predicted molar refractivity (Wildman–Crippen MR) is 107 cm³/mol. The molecule has 150 valence electrons. The molecule has 0 spiro atoms. The fourth-order valence-electron chi connectivity index (χ4n) is 3.38. The van der Waals surface area contributed by atoms with Crippen molar-refractivity contribution in [3.8, 4) is 5.75 Å². The summed E-state index contributed by atoms with van der Waals surface area (Å²) in [5.74, 6) is 0.843. The Morgan fingerprint density at radius 3 is 2.90 bits per heavy atom. The van der Waals surface area contributed by atoms with Crippen LogP contribution < -0.4 is 15.0 Å². The monoisotopic (exact) mass is 434 g/mol. The van der Waals surface area contributed by atoms with E-state index in [-0.39, 0.29) is 29.3 Å². The molecule has 2 saturated heterocycles. The van der Waals surface area contributed by atoms with E-state index in [0.717, 1.165) is 10.5 Å². The summed E-state index contributed by atoms with van der Waals surface area (Å²) in [4.78, 5) is 28.2. The standard InChI is InChI=1S/C18H16ClFN6O2S/c19-17-21-2-1-15(24-17)25-5-11(6-25)23-18(27)26-7-12(8-26)28-14-4-10(20)3-13-16(14)29-9-22-13/h1-4,9,11-12H,5-8H2,(H,23,27). The molecule has 5 rings (SSSR count). The van der Waals surface area contributed by atoms with Crippen molar-refractivity contribution in [2.24, 2.45) is 0 Å². The molecule has 0 radical (unpaired) electrons. The summed E-state index contributed by atoms with van der Waals surface area (Å²) >= 11 is 7.21. The molecule has 0 aliphatic carbocycles. The molecule has 4 heterocycles. The number of ether oxygens (including phenoxy) is 1. The summed E-state index contributed by atoms with van der Waals surface area (Å²) in [5.41, 5.74) is 2.24. The highest BCUT2D eigenvalue weighted by atomic mass is 35.5. The molecule has 0 unspecified atom stereocenters. The van der Waals surface area contributed by atoms with Gasteiger partial charge < -0.3 is 19.9 Å². The second-order valence-electron chi connectivity index (χ2n) is 6.98. The van der Waals surface area contributed by atoms with E-state index in [2.05, 4.69) is 20.3 Å². The van der Waals surface area contributed by atoms with E-state index in [9.17, 15) is 9.18 Å². The Kier molecular flexibility index (Phi) is 4.59. The first kappa shape index (κ1) is 18.3. The molecule has 2 aliphatic rings. The highest BCUT2D eigenvalue weighted by Crippen LogP contribution is 2.32. The van der Waals surface area contributed by atoms with Crippen molar-refractivity contribution in [1.29, 1.82) is 0 Å². The number of anilines is 1. The van der Waals surface area contributed by atoms with Gasteiger partial charge in [0.05, 0.1) is 34.9 Å². The van der Waals surface area contributed by atoms with Gasteiger partial charge in [-0.25, -0.2) is 24.1 Å². The number of urea groups is 1. The van der Waals surface area contributed by atoms with Crippen LogP contribution in [-0.4, -0.2) is 64.2 Å². The van der Waals surface area contributed by atoms with Gasteiger partial charge in [-0.2, -0.15) is 0 Å². The number of nitrogens with one attached hydrogen (secondary N) is 1. The second-order valence-corrected chi connectivity index (χ2v) is 8.18. The third kappa shape index (κ3) is 3.65. The van der Waals surface area contributed by atoms with Crippen LogP contribution in [-0.2, 0) is 0 Å². The van der Waals surface area contributed by atoms with Gasteiger partial charge in [0.15, 0.2) is 0 Å². The third-order valence-electron chi connectivity index (χ3n) is 4.94. The topological polar surface area (TPSA) is 83.5 Å². The number of carbonyl (C=O) groups is 1. The average Bonchev–Trinajstić information content (AvgIpc) is 3.08. The number of thiazole rings is 1. The zero-order valence-corrected chi connectivity index (χ0v) is 16.7. The Morgan fingerprint density at radius 1 is 1.28 bits per heavy atom. The average molecular weight is 435 g/mol. The first-order chi connectivity index (χ1) is 14.0. The van der Waals surface area contributed by atoms with Crippen molar-refractivity contribution in [1.82, 2.24) is 25.2 Å². The Morgan fingerprint density at radius 2 is 2.10 bits per heavy atom. The zero-order chi connectivity index (χ0) is 20.0. The summed E-state index contributed by atoms with van der Waals surface area (Å²) in [6.07, 6.45) is 1.45. The molecule has 0 atom stereocenters. The summed E-state index contributed by atoms with van der Waals surface area (Å²) in [7, 11) is 0. The van der Waals surface area contributed by atoms with E-state index in [0.29, 0.717) is 37.4 Å². The Labute approximate surface area is 174 Å². The lowest BCUT2D eigenvalue weighted by molar-refractivity contribution is 0.0440. The van der Waals surface area contributed by atoms with Crippen LogP contribution in [0.15, 0.2) is 29.9 Å². The number of benzene rings is 1. The van der Waals surface area contributed by atoms with E-state index in [1.807, 2.05) is 4.90 Å². The van der Waals surface area contributed by atoms with Crippen LogP contribution in [0.1, 0.15) is 0 Å². The first-order valence-corrected chi connectivity index (χ1v) is 10.3. The zero-order valence-electron chi connectivity index (χ0n) is 15.1. The molecule has 2 aromatic heterocycles. The molecule has 3 aromatic rings. The molecule has 0 bridgehead atoms. The Bertz CT molecular complexity index is 1070. The van der Waals surface area contributed by atoms with Crippen LogP contribution in [0.4, 0.5) is 15.0 Å². The van der Waals surface area contributed by atoms with Gasteiger partial charge in [0.1, 0.15) is 23.5 Å². The normalized spacial score (nSPS) is 17.2. The van der Waals surface area contributed by atoms with E-state index < -0.39 is 0 Å². The number of fused-ring (bicyclic) bond motifs is 1. The molecule has 8 nitrogen and oxygen atoms in total. The van der Waals surface area contributed by atoms with Crippen molar-refractivity contribution in [2.45, 2.75) is 12.1 Å². The van der Waals surface area contributed by atoms with Crippen molar-refractivity contribution in [2.75, 3.05) is 31.1 Å². The molecule has 29 heavy (non-hydrogen) atoms. The number of amides is 2. The number of hydrogen-bond acceptors (Lipinski definition) is 7. The van der Waals surface area contributed by atoms with Crippen LogP contribution in [0.25, 0.3) is 10.2 Å². The van der Waals surface area contributed by atoms with Gasteiger partial charge in [0.25, 0.3) is 0 Å². The van der Waals surface area contributed by atoms with Crippen LogP contribution in [0.5, 0.6) is 5.75 Å². The van der Waals surface area contributed by atoms with Gasteiger partial charge in [-0.05, 0) is 17.7 Å². The third-order valence-corrected chi connectivity index (χ3v) is 5.97. The van der Waals surface area contributed by atoms with Crippen LogP contribution >= 0.6 is 22.9 Å². The van der Waals surface area contributed by atoms with E-state index in [1.165, 1.54) is 23.5 Å². The fourth-order valence-corrected chi connectivity index (χ4v) is 4.25. The maximum atomic E-state index is 13.7. The van der Waals surface area contributed by atoms with E-state index in [4.69, 9.17) is 16.3 Å². The minimum Gasteiger partial charge on any atom is -0.485 e. The maximum Gasteiger partial charge on any atom is 0.317 e. The van der Waals surface area contributed by atoms with Crippen molar-refractivity contribution in [3.05, 3.63) is 41.0 Å². The van der Waals surface area contributed by atoms with E-state index in [1.54, 1.807) is 22.7 Å². The molecular formula is C18H16ClFN6O2S. The molecule has 11 heteroatoms. The van der Waals surface area contributed by atoms with Gasteiger partial charge >= 0.3 is 6.03 Å². The summed E-state index contributed by atoms with van der Waals surface area (Å²) in [6.45, 7) is 2.25. The Hall–Kier alpha value is -2.72.